The van der Waals surface area contributed by atoms with Crippen LogP contribution in [0.1, 0.15) is 12.0 Å². The van der Waals surface area contributed by atoms with Gasteiger partial charge < -0.3 is 24.7 Å². The van der Waals surface area contributed by atoms with Crippen molar-refractivity contribution in [1.29, 1.82) is 0 Å². The van der Waals surface area contributed by atoms with E-state index >= 15 is 0 Å². The average molecular weight is 261 g/mol. The largest absolute Gasteiger partial charge is 1.00 e. The molecule has 6 heteroatoms. The van der Waals surface area contributed by atoms with Crippen LogP contribution in [-0.4, -0.2) is 26.7 Å². The Morgan fingerprint density at radius 3 is 2.22 bits per heavy atom. The summed E-state index contributed by atoms with van der Waals surface area (Å²) in [5.41, 5.74) is 0.972. The second kappa shape index (κ2) is 9.22. The summed E-state index contributed by atoms with van der Waals surface area (Å²) >= 11 is 0. The van der Waals surface area contributed by atoms with Crippen molar-refractivity contribution in [2.45, 2.75) is 13.0 Å². The first-order valence-electron chi connectivity index (χ1n) is 5.28. The molecule has 0 spiro atoms. The van der Waals surface area contributed by atoms with Gasteiger partial charge in [-0.25, -0.2) is 0 Å². The summed E-state index contributed by atoms with van der Waals surface area (Å²) < 4.78 is 10.3. The Labute approximate surface area is 129 Å². The first-order valence-corrected chi connectivity index (χ1v) is 5.28. The number of hydrogen-bond donors (Lipinski definition) is 1. The molecule has 0 unspecified atom stereocenters. The normalized spacial score (nSPS) is 9.44. The third-order valence-corrected chi connectivity index (χ3v) is 2.25. The molecule has 0 aliphatic carbocycles. The number of nitrogens with one attached hydrogen (secondary N) is 1. The predicted octanol–water partition coefficient (Wildman–Crippen LogP) is -3.06. The van der Waals surface area contributed by atoms with Crippen LogP contribution in [-0.2, 0) is 11.3 Å². The van der Waals surface area contributed by atoms with Gasteiger partial charge in [-0.2, -0.15) is 0 Å². The van der Waals surface area contributed by atoms with Crippen molar-refractivity contribution < 1.29 is 48.9 Å². The Bertz CT molecular complexity index is 362. The molecule has 0 radical (unpaired) electrons. The van der Waals surface area contributed by atoms with Crippen molar-refractivity contribution in [2.75, 3.05) is 20.8 Å². The van der Waals surface area contributed by atoms with Crippen LogP contribution in [0.5, 0.6) is 11.5 Å². The van der Waals surface area contributed by atoms with E-state index in [1.807, 2.05) is 12.1 Å². The molecule has 0 aliphatic heterocycles. The molecule has 0 saturated carbocycles. The van der Waals surface area contributed by atoms with Gasteiger partial charge in [0.05, 0.1) is 14.2 Å². The number of rotatable bonds is 7. The molecule has 0 bridgehead atoms. The number of methoxy groups -OCH3 is 2. The van der Waals surface area contributed by atoms with Gasteiger partial charge in [-0.3, -0.25) is 0 Å². The molecule has 0 atom stereocenters. The minimum Gasteiger partial charge on any atom is -0.550 e. The molecular formula is C12H16NNaO4. The smallest absolute Gasteiger partial charge is 0.550 e. The molecule has 18 heavy (non-hydrogen) atoms. The van der Waals surface area contributed by atoms with Crippen LogP contribution >= 0.6 is 0 Å². The van der Waals surface area contributed by atoms with Crippen molar-refractivity contribution >= 4 is 5.97 Å². The molecule has 0 aromatic heterocycles. The fourth-order valence-corrected chi connectivity index (χ4v) is 1.39. The van der Waals surface area contributed by atoms with E-state index in [1.165, 1.54) is 0 Å². The number of hydrogen-bond acceptors (Lipinski definition) is 5. The van der Waals surface area contributed by atoms with Gasteiger partial charge in [0.25, 0.3) is 0 Å². The minimum atomic E-state index is -1.05. The number of aliphatic carboxylic acids is 1. The third-order valence-electron chi connectivity index (χ3n) is 2.25. The molecule has 1 rings (SSSR count). The number of carbonyl (C=O) groups is 1. The van der Waals surface area contributed by atoms with Crippen molar-refractivity contribution in [3.05, 3.63) is 23.8 Å². The van der Waals surface area contributed by atoms with Crippen molar-refractivity contribution in [1.82, 2.24) is 5.32 Å². The van der Waals surface area contributed by atoms with Gasteiger partial charge in [0.15, 0.2) is 0 Å². The van der Waals surface area contributed by atoms with E-state index in [0.29, 0.717) is 24.6 Å². The molecule has 1 N–H and O–H groups in total. The van der Waals surface area contributed by atoms with E-state index in [1.54, 1.807) is 20.3 Å². The van der Waals surface area contributed by atoms with E-state index in [0.717, 1.165) is 5.56 Å². The van der Waals surface area contributed by atoms with Crippen LogP contribution < -0.4 is 49.5 Å². The van der Waals surface area contributed by atoms with Crippen LogP contribution in [0.15, 0.2) is 18.2 Å². The van der Waals surface area contributed by atoms with Gasteiger partial charge in [-0.15, -0.1) is 0 Å². The van der Waals surface area contributed by atoms with Gasteiger partial charge in [0, 0.05) is 25.1 Å². The molecule has 94 valence electrons. The standard InChI is InChI=1S/C12H17NO4.Na/c1-16-10-5-9(6-11(7-10)17-2)8-13-4-3-12(14)15;/h5-7,13H,3-4,8H2,1-2H3,(H,14,15);/q;+1/p-1. The fourth-order valence-electron chi connectivity index (χ4n) is 1.39. The molecule has 1 aromatic rings. The molecule has 0 amide bonds. The summed E-state index contributed by atoms with van der Waals surface area (Å²) in [5.74, 6) is 0.364. The van der Waals surface area contributed by atoms with Crippen LogP contribution in [0.25, 0.3) is 0 Å². The zero-order valence-electron chi connectivity index (χ0n) is 11.0. The summed E-state index contributed by atoms with van der Waals surface area (Å²) in [4.78, 5) is 10.2. The molecule has 0 aliphatic rings. The van der Waals surface area contributed by atoms with Gasteiger partial charge in [0.1, 0.15) is 11.5 Å². The van der Waals surface area contributed by atoms with Gasteiger partial charge >= 0.3 is 29.6 Å². The second-order valence-corrected chi connectivity index (χ2v) is 3.52. The average Bonchev–Trinajstić information content (AvgIpc) is 2.34. The minimum absolute atomic E-state index is 0. The first-order chi connectivity index (χ1) is 8.15. The van der Waals surface area contributed by atoms with Gasteiger partial charge in [0.2, 0.25) is 0 Å². The summed E-state index contributed by atoms with van der Waals surface area (Å²) in [6, 6.07) is 5.52. The zero-order chi connectivity index (χ0) is 12.7. The topological polar surface area (TPSA) is 70.6 Å². The second-order valence-electron chi connectivity index (χ2n) is 3.52. The predicted molar refractivity (Wildman–Crippen MR) is 60.9 cm³/mol. The van der Waals surface area contributed by atoms with Crippen molar-refractivity contribution in [3.8, 4) is 11.5 Å². The summed E-state index contributed by atoms with van der Waals surface area (Å²) in [7, 11) is 3.17. The molecule has 1 aromatic carbocycles. The SMILES string of the molecule is COc1cc(CNCCC(=O)[O-])cc(OC)c1.[Na+]. The molecule has 0 saturated heterocycles. The van der Waals surface area contributed by atoms with E-state index in [9.17, 15) is 9.90 Å². The van der Waals surface area contributed by atoms with E-state index in [4.69, 9.17) is 9.47 Å². The number of carboxylic acids is 1. The number of ether oxygens (including phenoxy) is 2. The van der Waals surface area contributed by atoms with Crippen LogP contribution in [0, 0.1) is 0 Å². The monoisotopic (exact) mass is 261 g/mol. The summed E-state index contributed by atoms with van der Waals surface area (Å²) in [6.07, 6.45) is 0.00109. The third kappa shape index (κ3) is 6.26. The summed E-state index contributed by atoms with van der Waals surface area (Å²) in [5, 5.41) is 13.2. The Morgan fingerprint density at radius 2 is 1.78 bits per heavy atom. The van der Waals surface area contributed by atoms with Crippen LogP contribution in [0.4, 0.5) is 0 Å². The first kappa shape index (κ1) is 17.2. The fraction of sp³-hybridized carbons (Fsp3) is 0.417. The Morgan fingerprint density at radius 1 is 1.22 bits per heavy atom. The number of benzene rings is 1. The van der Waals surface area contributed by atoms with Crippen molar-refractivity contribution in [2.24, 2.45) is 0 Å². The maximum atomic E-state index is 10.2. The van der Waals surface area contributed by atoms with Gasteiger partial charge in [-0.1, -0.05) is 0 Å². The Hall–Kier alpha value is -0.750. The summed E-state index contributed by atoms with van der Waals surface area (Å²) in [6.45, 7) is 0.933. The molecule has 5 nitrogen and oxygen atoms in total. The van der Waals surface area contributed by atoms with Crippen molar-refractivity contribution in [3.63, 3.8) is 0 Å². The molecular weight excluding hydrogens is 245 g/mol. The van der Waals surface area contributed by atoms with E-state index in [2.05, 4.69) is 5.32 Å². The van der Waals surface area contributed by atoms with Crippen LogP contribution in [0.3, 0.4) is 0 Å². The Balaban J connectivity index is 0.00000289. The van der Waals surface area contributed by atoms with E-state index in [-0.39, 0.29) is 36.0 Å². The zero-order valence-corrected chi connectivity index (χ0v) is 13.0. The van der Waals surface area contributed by atoms with Crippen LogP contribution in [0.2, 0.25) is 0 Å². The number of carbonyl (C=O) groups excluding carboxylic acids is 1. The molecule has 0 heterocycles. The van der Waals surface area contributed by atoms with Gasteiger partial charge in [-0.05, 0) is 24.1 Å². The Kier molecular flexibility index (Phi) is 8.83. The quantitative estimate of drug-likeness (QED) is 0.417. The maximum absolute atomic E-state index is 10.2. The molecule has 0 fully saturated rings. The van der Waals surface area contributed by atoms with E-state index < -0.39 is 5.97 Å². The number of carboxylic acid groups (broad SMARTS) is 1. The maximum Gasteiger partial charge on any atom is 1.00 e.